The topological polar surface area (TPSA) is 38.0 Å². The van der Waals surface area contributed by atoms with Crippen molar-refractivity contribution in [1.29, 1.82) is 0 Å². The molecule has 0 spiro atoms. The first kappa shape index (κ1) is 10.8. The van der Waals surface area contributed by atoms with Crippen LogP contribution in [0.25, 0.3) is 0 Å². The van der Waals surface area contributed by atoms with Crippen LogP contribution in [-0.4, -0.2) is 24.8 Å². The summed E-state index contributed by atoms with van der Waals surface area (Å²) in [7, 11) is 0. The Bertz CT molecular complexity index is 152. The van der Waals surface area contributed by atoms with Gasteiger partial charge in [0.1, 0.15) is 6.04 Å². The van der Waals surface area contributed by atoms with E-state index in [4.69, 9.17) is 5.73 Å². The highest BCUT2D eigenvalue weighted by Gasteiger charge is 2.37. The fourth-order valence-corrected chi connectivity index (χ4v) is 1.57. The average molecular weight is 196 g/mol. The van der Waals surface area contributed by atoms with Crippen LogP contribution >= 0.6 is 0 Å². The molecule has 1 fully saturated rings. The van der Waals surface area contributed by atoms with Crippen molar-refractivity contribution in [2.24, 2.45) is 5.73 Å². The average Bonchev–Trinajstić information content (AvgIpc) is 2.04. The molecule has 1 aliphatic rings. The first-order valence-corrected chi connectivity index (χ1v) is 4.56. The molecule has 2 nitrogen and oxygen atoms in total. The largest absolute Gasteiger partial charge is 0.403 e. The van der Waals surface area contributed by atoms with Gasteiger partial charge in [0.2, 0.25) is 0 Å². The predicted molar refractivity (Wildman–Crippen MR) is 44.3 cm³/mol. The Hall–Kier alpha value is -0.290. The minimum atomic E-state index is -4.25. The minimum absolute atomic E-state index is 0.00347. The fraction of sp³-hybridized carbons (Fsp3) is 1.00. The van der Waals surface area contributed by atoms with Gasteiger partial charge in [-0.1, -0.05) is 6.42 Å². The van der Waals surface area contributed by atoms with Gasteiger partial charge in [0, 0.05) is 6.04 Å². The van der Waals surface area contributed by atoms with E-state index in [-0.39, 0.29) is 12.5 Å². The van der Waals surface area contributed by atoms with Crippen LogP contribution in [-0.2, 0) is 0 Å². The van der Waals surface area contributed by atoms with Gasteiger partial charge in [0.15, 0.2) is 0 Å². The first-order valence-electron chi connectivity index (χ1n) is 4.56. The summed E-state index contributed by atoms with van der Waals surface area (Å²) in [6, 6.07) is -1.73. The molecular weight excluding hydrogens is 181 g/mol. The molecule has 2 atom stereocenters. The van der Waals surface area contributed by atoms with Gasteiger partial charge in [-0.05, 0) is 25.8 Å². The highest BCUT2D eigenvalue weighted by atomic mass is 19.4. The van der Waals surface area contributed by atoms with E-state index in [1.54, 1.807) is 0 Å². The third-order valence-electron chi connectivity index (χ3n) is 2.37. The molecular formula is C8H15F3N2. The third-order valence-corrected chi connectivity index (χ3v) is 2.37. The molecule has 0 radical (unpaired) electrons. The molecule has 1 saturated heterocycles. The molecule has 0 aromatic carbocycles. The van der Waals surface area contributed by atoms with E-state index >= 15 is 0 Å². The zero-order valence-corrected chi connectivity index (χ0v) is 7.40. The standard InChI is InChI=1S/C8H15F3N2/c9-8(10,11)7(12)5-6-3-1-2-4-13-6/h6-7,13H,1-5,12H2. The smallest absolute Gasteiger partial charge is 0.320 e. The highest BCUT2D eigenvalue weighted by Crippen LogP contribution is 2.23. The number of piperidine rings is 1. The van der Waals surface area contributed by atoms with Crippen molar-refractivity contribution in [3.8, 4) is 0 Å². The zero-order valence-electron chi connectivity index (χ0n) is 7.40. The summed E-state index contributed by atoms with van der Waals surface area (Å²) < 4.78 is 36.2. The van der Waals surface area contributed by atoms with Crippen molar-refractivity contribution in [3.63, 3.8) is 0 Å². The maximum Gasteiger partial charge on any atom is 0.403 e. The Morgan fingerprint density at radius 2 is 2.08 bits per heavy atom. The van der Waals surface area contributed by atoms with Gasteiger partial charge in [-0.25, -0.2) is 0 Å². The van der Waals surface area contributed by atoms with Gasteiger partial charge in [-0.15, -0.1) is 0 Å². The number of rotatable bonds is 2. The lowest BCUT2D eigenvalue weighted by Crippen LogP contribution is -2.45. The van der Waals surface area contributed by atoms with Crippen molar-refractivity contribution in [2.75, 3.05) is 6.54 Å². The summed E-state index contributed by atoms with van der Waals surface area (Å²) in [4.78, 5) is 0. The summed E-state index contributed by atoms with van der Waals surface area (Å²) in [5.41, 5.74) is 5.02. The number of nitrogens with two attached hydrogens (primary N) is 1. The molecule has 5 heteroatoms. The van der Waals surface area contributed by atoms with Gasteiger partial charge < -0.3 is 11.1 Å². The van der Waals surface area contributed by atoms with E-state index < -0.39 is 12.2 Å². The van der Waals surface area contributed by atoms with E-state index in [0.717, 1.165) is 25.8 Å². The highest BCUT2D eigenvalue weighted by molar-refractivity contribution is 4.80. The number of hydrogen-bond donors (Lipinski definition) is 2. The Kier molecular flexibility index (Phi) is 3.55. The predicted octanol–water partition coefficient (Wildman–Crippen LogP) is 1.41. The summed E-state index contributed by atoms with van der Waals surface area (Å²) in [5.74, 6) is 0. The van der Waals surface area contributed by atoms with Crippen molar-refractivity contribution >= 4 is 0 Å². The van der Waals surface area contributed by atoms with Crippen LogP contribution in [0, 0.1) is 0 Å². The van der Waals surface area contributed by atoms with Gasteiger partial charge >= 0.3 is 6.18 Å². The van der Waals surface area contributed by atoms with E-state index in [9.17, 15) is 13.2 Å². The molecule has 13 heavy (non-hydrogen) atoms. The Morgan fingerprint density at radius 3 is 2.54 bits per heavy atom. The Balaban J connectivity index is 2.30. The minimum Gasteiger partial charge on any atom is -0.320 e. The van der Waals surface area contributed by atoms with E-state index in [2.05, 4.69) is 5.32 Å². The maximum atomic E-state index is 12.1. The molecule has 1 rings (SSSR count). The molecule has 0 aliphatic carbocycles. The summed E-state index contributed by atoms with van der Waals surface area (Å²) in [6.45, 7) is 0.815. The second-order valence-corrected chi connectivity index (χ2v) is 3.53. The molecule has 3 N–H and O–H groups in total. The van der Waals surface area contributed by atoms with Gasteiger partial charge in [0.05, 0.1) is 0 Å². The first-order chi connectivity index (χ1) is 6.00. The molecule has 0 bridgehead atoms. The molecule has 0 amide bonds. The Morgan fingerprint density at radius 1 is 1.38 bits per heavy atom. The molecule has 0 saturated carbocycles. The normalized spacial score (nSPS) is 27.2. The Labute approximate surface area is 75.7 Å². The fourth-order valence-electron chi connectivity index (χ4n) is 1.57. The lowest BCUT2D eigenvalue weighted by Gasteiger charge is -2.26. The number of nitrogens with one attached hydrogen (secondary N) is 1. The van der Waals surface area contributed by atoms with Crippen molar-refractivity contribution in [3.05, 3.63) is 0 Å². The van der Waals surface area contributed by atoms with Gasteiger partial charge in [-0.2, -0.15) is 13.2 Å². The monoisotopic (exact) mass is 196 g/mol. The van der Waals surface area contributed by atoms with E-state index in [1.165, 1.54) is 0 Å². The quantitative estimate of drug-likeness (QED) is 0.700. The number of halogens is 3. The third kappa shape index (κ3) is 3.52. The summed E-state index contributed by atoms with van der Waals surface area (Å²) in [6.07, 6.45) is -1.38. The van der Waals surface area contributed by atoms with Crippen LogP contribution in [0.3, 0.4) is 0 Å². The summed E-state index contributed by atoms with van der Waals surface area (Å²) >= 11 is 0. The van der Waals surface area contributed by atoms with Crippen LogP contribution < -0.4 is 11.1 Å². The van der Waals surface area contributed by atoms with Crippen LogP contribution in [0.15, 0.2) is 0 Å². The molecule has 2 unspecified atom stereocenters. The second-order valence-electron chi connectivity index (χ2n) is 3.53. The molecule has 1 aliphatic heterocycles. The lowest BCUT2D eigenvalue weighted by atomic mass is 9.98. The van der Waals surface area contributed by atoms with Crippen LogP contribution in [0.5, 0.6) is 0 Å². The second kappa shape index (κ2) is 4.28. The van der Waals surface area contributed by atoms with Crippen molar-refractivity contribution in [2.45, 2.75) is 43.9 Å². The SMILES string of the molecule is NC(CC1CCCCN1)C(F)(F)F. The number of alkyl halides is 3. The number of hydrogen-bond acceptors (Lipinski definition) is 2. The van der Waals surface area contributed by atoms with E-state index in [1.807, 2.05) is 0 Å². The van der Waals surface area contributed by atoms with Crippen molar-refractivity contribution < 1.29 is 13.2 Å². The van der Waals surface area contributed by atoms with Crippen LogP contribution in [0.1, 0.15) is 25.7 Å². The molecule has 1 heterocycles. The zero-order chi connectivity index (χ0) is 9.90. The molecule has 0 aromatic rings. The van der Waals surface area contributed by atoms with Crippen LogP contribution in [0.2, 0.25) is 0 Å². The van der Waals surface area contributed by atoms with Crippen LogP contribution in [0.4, 0.5) is 13.2 Å². The van der Waals surface area contributed by atoms with Gasteiger partial charge in [-0.3, -0.25) is 0 Å². The maximum absolute atomic E-state index is 12.1. The summed E-state index contributed by atoms with van der Waals surface area (Å²) in [5, 5.41) is 3.04. The van der Waals surface area contributed by atoms with Gasteiger partial charge in [0.25, 0.3) is 0 Å². The lowest BCUT2D eigenvalue weighted by molar-refractivity contribution is -0.150. The van der Waals surface area contributed by atoms with Crippen molar-refractivity contribution in [1.82, 2.24) is 5.32 Å². The van der Waals surface area contributed by atoms with E-state index in [0.29, 0.717) is 0 Å². The molecule has 78 valence electrons. The molecule has 0 aromatic heterocycles.